The largest absolute Gasteiger partial charge is 0.338 e. The highest BCUT2D eigenvalue weighted by Gasteiger charge is 2.26. The fraction of sp³-hybridized carbons (Fsp3) is 0.278. The van der Waals surface area contributed by atoms with Crippen LogP contribution < -0.4 is 0 Å². The molecule has 0 fully saturated rings. The molecule has 0 bridgehead atoms. The fourth-order valence-electron chi connectivity index (χ4n) is 2.49. The minimum atomic E-state index is -4.02. The normalized spacial score (nSPS) is 11.4. The van der Waals surface area contributed by atoms with Crippen LogP contribution in [0.5, 0.6) is 0 Å². The van der Waals surface area contributed by atoms with Crippen LogP contribution in [0, 0.1) is 10.1 Å². The van der Waals surface area contributed by atoms with E-state index in [9.17, 15) is 23.3 Å². The second-order valence-electron chi connectivity index (χ2n) is 5.91. The molecule has 0 saturated heterocycles. The molecule has 0 radical (unpaired) electrons. The quantitative estimate of drug-likeness (QED) is 0.507. The zero-order valence-corrected chi connectivity index (χ0v) is 15.9. The molecule has 0 heterocycles. The maximum absolute atomic E-state index is 12.6. The van der Waals surface area contributed by atoms with Gasteiger partial charge in [-0.2, -0.15) is 4.31 Å². The highest BCUT2D eigenvalue weighted by Crippen LogP contribution is 2.20. The topological polar surface area (TPSA) is 101 Å². The molecule has 1 amide bonds. The van der Waals surface area contributed by atoms with Crippen molar-refractivity contribution in [2.24, 2.45) is 0 Å². The second-order valence-corrected chi connectivity index (χ2v) is 7.95. The lowest BCUT2D eigenvalue weighted by atomic mass is 10.2. The highest BCUT2D eigenvalue weighted by molar-refractivity contribution is 7.89. The van der Waals surface area contributed by atoms with Gasteiger partial charge in [0.25, 0.3) is 5.69 Å². The summed E-state index contributed by atoms with van der Waals surface area (Å²) in [6.07, 6.45) is 0. The molecular formula is C18H21N3O5S. The van der Waals surface area contributed by atoms with E-state index in [1.165, 1.54) is 25.2 Å². The van der Waals surface area contributed by atoms with Crippen molar-refractivity contribution in [3.05, 3.63) is 70.3 Å². The monoisotopic (exact) mass is 391 g/mol. The summed E-state index contributed by atoms with van der Waals surface area (Å²) in [6.45, 7) is 2.26. The Bertz CT molecular complexity index is 916. The predicted molar refractivity (Wildman–Crippen MR) is 100 cm³/mol. The van der Waals surface area contributed by atoms with Crippen LogP contribution in [0.25, 0.3) is 0 Å². The van der Waals surface area contributed by atoms with Crippen molar-refractivity contribution in [3.63, 3.8) is 0 Å². The maximum atomic E-state index is 12.6. The van der Waals surface area contributed by atoms with Gasteiger partial charge in [0.05, 0.1) is 16.4 Å². The third kappa shape index (κ3) is 5.11. The van der Waals surface area contributed by atoms with E-state index in [-0.39, 0.29) is 23.0 Å². The number of amides is 1. The zero-order valence-electron chi connectivity index (χ0n) is 15.1. The molecule has 0 aliphatic carbocycles. The van der Waals surface area contributed by atoms with E-state index >= 15 is 0 Å². The van der Waals surface area contributed by atoms with Crippen molar-refractivity contribution >= 4 is 21.6 Å². The molecule has 0 N–H and O–H groups in total. The van der Waals surface area contributed by atoms with Crippen LogP contribution in [0.1, 0.15) is 12.5 Å². The lowest BCUT2D eigenvalue weighted by Gasteiger charge is -2.24. The van der Waals surface area contributed by atoms with Gasteiger partial charge in [-0.1, -0.05) is 36.4 Å². The van der Waals surface area contributed by atoms with Gasteiger partial charge in [0.1, 0.15) is 0 Å². The van der Waals surface area contributed by atoms with Gasteiger partial charge in [0, 0.05) is 32.3 Å². The highest BCUT2D eigenvalue weighted by atomic mass is 32.2. The molecule has 27 heavy (non-hydrogen) atoms. The van der Waals surface area contributed by atoms with Gasteiger partial charge in [0.15, 0.2) is 0 Å². The van der Waals surface area contributed by atoms with E-state index in [0.717, 1.165) is 15.9 Å². The van der Waals surface area contributed by atoms with Gasteiger partial charge >= 0.3 is 0 Å². The minimum absolute atomic E-state index is 0.224. The summed E-state index contributed by atoms with van der Waals surface area (Å²) in [5, 5.41) is 10.9. The number of nitrogens with zero attached hydrogens (tertiary/aromatic N) is 3. The molecule has 0 aliphatic heterocycles. The molecular weight excluding hydrogens is 370 g/mol. The predicted octanol–water partition coefficient (Wildman–Crippen LogP) is 2.26. The average Bonchev–Trinajstić information content (AvgIpc) is 2.66. The molecule has 0 atom stereocenters. The summed E-state index contributed by atoms with van der Waals surface area (Å²) in [5.74, 6) is -0.349. The number of carbonyl (C=O) groups excluding carboxylic acids is 1. The minimum Gasteiger partial charge on any atom is -0.338 e. The first-order valence-corrected chi connectivity index (χ1v) is 9.72. The SMILES string of the molecule is CCN(Cc1ccccc1)C(=O)CN(C)S(=O)(=O)c1cccc([N+](=O)[O-])c1. The van der Waals surface area contributed by atoms with Gasteiger partial charge in [-0.15, -0.1) is 0 Å². The van der Waals surface area contributed by atoms with Crippen LogP contribution in [0.3, 0.4) is 0 Å². The molecule has 2 aromatic rings. The van der Waals surface area contributed by atoms with Gasteiger partial charge in [0.2, 0.25) is 15.9 Å². The molecule has 9 heteroatoms. The summed E-state index contributed by atoms with van der Waals surface area (Å²) in [4.78, 5) is 24.1. The number of benzene rings is 2. The first-order chi connectivity index (χ1) is 12.8. The fourth-order valence-corrected chi connectivity index (χ4v) is 3.65. The molecule has 144 valence electrons. The Hall–Kier alpha value is -2.78. The third-order valence-corrected chi connectivity index (χ3v) is 5.84. The number of rotatable bonds is 8. The molecule has 0 aliphatic rings. The summed E-state index contributed by atoms with van der Waals surface area (Å²) >= 11 is 0. The maximum Gasteiger partial charge on any atom is 0.270 e. The van der Waals surface area contributed by atoms with Crippen LogP contribution >= 0.6 is 0 Å². The van der Waals surface area contributed by atoms with Crippen LogP contribution in [-0.4, -0.2) is 48.6 Å². The Balaban J connectivity index is 2.14. The van der Waals surface area contributed by atoms with Gasteiger partial charge < -0.3 is 4.90 Å². The number of hydrogen-bond donors (Lipinski definition) is 0. The van der Waals surface area contributed by atoms with E-state index in [1.807, 2.05) is 37.3 Å². The molecule has 8 nitrogen and oxygen atoms in total. The Morgan fingerprint density at radius 1 is 1.11 bits per heavy atom. The number of carbonyl (C=O) groups is 1. The summed E-state index contributed by atoms with van der Waals surface area (Å²) in [7, 11) is -2.74. The van der Waals surface area contributed by atoms with Crippen molar-refractivity contribution in [2.75, 3.05) is 20.1 Å². The Labute approximate surface area is 158 Å². The number of nitro benzene ring substituents is 1. The van der Waals surface area contributed by atoms with Crippen molar-refractivity contribution < 1.29 is 18.1 Å². The number of likely N-dealkylation sites (N-methyl/N-ethyl adjacent to an activating group) is 2. The van der Waals surface area contributed by atoms with Crippen molar-refractivity contribution in [2.45, 2.75) is 18.4 Å². The Morgan fingerprint density at radius 2 is 1.78 bits per heavy atom. The van der Waals surface area contributed by atoms with E-state index in [4.69, 9.17) is 0 Å². The number of sulfonamides is 1. The van der Waals surface area contributed by atoms with Crippen molar-refractivity contribution in [1.29, 1.82) is 0 Å². The number of non-ortho nitro benzene ring substituents is 1. The Kier molecular flexibility index (Phi) is 6.65. The summed E-state index contributed by atoms with van der Waals surface area (Å²) in [6, 6.07) is 14.2. The summed E-state index contributed by atoms with van der Waals surface area (Å²) < 4.78 is 26.2. The number of hydrogen-bond acceptors (Lipinski definition) is 5. The smallest absolute Gasteiger partial charge is 0.270 e. The first-order valence-electron chi connectivity index (χ1n) is 8.28. The second kappa shape index (κ2) is 8.74. The van der Waals surface area contributed by atoms with E-state index in [2.05, 4.69) is 0 Å². The van der Waals surface area contributed by atoms with Gasteiger partial charge in [-0.3, -0.25) is 14.9 Å². The lowest BCUT2D eigenvalue weighted by molar-refractivity contribution is -0.385. The van der Waals surface area contributed by atoms with Crippen LogP contribution in [-0.2, 0) is 21.4 Å². The van der Waals surface area contributed by atoms with E-state index in [1.54, 1.807) is 4.90 Å². The van der Waals surface area contributed by atoms with Crippen LogP contribution in [0.2, 0.25) is 0 Å². The van der Waals surface area contributed by atoms with Gasteiger partial charge in [-0.25, -0.2) is 8.42 Å². The Morgan fingerprint density at radius 3 is 2.37 bits per heavy atom. The molecule has 0 saturated carbocycles. The van der Waals surface area contributed by atoms with E-state index in [0.29, 0.717) is 13.1 Å². The molecule has 2 rings (SSSR count). The zero-order chi connectivity index (χ0) is 20.0. The van der Waals surface area contributed by atoms with Crippen molar-refractivity contribution in [3.8, 4) is 0 Å². The van der Waals surface area contributed by atoms with E-state index < -0.39 is 14.9 Å². The molecule has 0 spiro atoms. The third-order valence-electron chi connectivity index (χ3n) is 4.05. The van der Waals surface area contributed by atoms with Gasteiger partial charge in [-0.05, 0) is 18.6 Å². The number of nitro groups is 1. The first kappa shape index (κ1) is 20.5. The molecule has 2 aromatic carbocycles. The molecule has 0 unspecified atom stereocenters. The molecule has 0 aromatic heterocycles. The summed E-state index contributed by atoms with van der Waals surface area (Å²) in [5.41, 5.74) is 0.618. The van der Waals surface area contributed by atoms with Crippen LogP contribution in [0.15, 0.2) is 59.5 Å². The standard InChI is InChI=1S/C18H21N3O5S/c1-3-20(13-15-8-5-4-6-9-15)18(22)14-19(2)27(25,26)17-11-7-10-16(12-17)21(23)24/h4-12H,3,13-14H2,1-2H3. The average molecular weight is 391 g/mol. The van der Waals surface area contributed by atoms with Crippen LogP contribution in [0.4, 0.5) is 5.69 Å². The lowest BCUT2D eigenvalue weighted by Crippen LogP contribution is -2.40. The van der Waals surface area contributed by atoms with Crippen molar-refractivity contribution in [1.82, 2.24) is 9.21 Å².